The monoisotopic (exact) mass is 274 g/mol. The Kier molecular flexibility index (Phi) is 4.80. The number of nitrogens with one attached hydrogen (secondary N) is 1. The van der Waals surface area contributed by atoms with Crippen LogP contribution in [-0.4, -0.2) is 12.5 Å². The van der Waals surface area contributed by atoms with Gasteiger partial charge in [0.2, 0.25) is 5.91 Å². The van der Waals surface area contributed by atoms with Crippen LogP contribution >= 0.6 is 23.2 Å². The van der Waals surface area contributed by atoms with Gasteiger partial charge in [0, 0.05) is 6.54 Å². The number of anilines is 1. The summed E-state index contributed by atoms with van der Waals surface area (Å²) in [5.74, 6) is -0.169. The molecule has 0 saturated carbocycles. The zero-order valence-electron chi connectivity index (χ0n) is 9.89. The van der Waals surface area contributed by atoms with E-state index in [1.807, 2.05) is 13.8 Å². The maximum atomic E-state index is 12.1. The molecule has 17 heavy (non-hydrogen) atoms. The van der Waals surface area contributed by atoms with Gasteiger partial charge in [-0.1, -0.05) is 36.2 Å². The first-order valence-electron chi connectivity index (χ1n) is 5.40. The second-order valence-corrected chi connectivity index (χ2v) is 4.98. The fourth-order valence-corrected chi connectivity index (χ4v) is 1.77. The Labute approximate surface area is 111 Å². The van der Waals surface area contributed by atoms with Crippen molar-refractivity contribution in [1.82, 2.24) is 0 Å². The first-order valence-corrected chi connectivity index (χ1v) is 6.15. The quantitative estimate of drug-likeness (QED) is 0.885. The van der Waals surface area contributed by atoms with E-state index in [9.17, 15) is 4.79 Å². The molecular formula is C12H16Cl2N2O. The normalized spacial score (nSPS) is 14.2. The molecular weight excluding hydrogens is 259 g/mol. The van der Waals surface area contributed by atoms with Crippen LogP contribution in [0, 0.1) is 5.41 Å². The topological polar surface area (TPSA) is 55.1 Å². The van der Waals surface area contributed by atoms with E-state index in [-0.39, 0.29) is 12.5 Å². The molecule has 0 bridgehead atoms. The Bertz CT molecular complexity index is 397. The number of halogens is 2. The summed E-state index contributed by atoms with van der Waals surface area (Å²) in [5.41, 5.74) is 5.45. The molecule has 0 aliphatic rings. The van der Waals surface area contributed by atoms with Crippen molar-refractivity contribution in [2.24, 2.45) is 11.1 Å². The minimum absolute atomic E-state index is 0.169. The van der Waals surface area contributed by atoms with Crippen molar-refractivity contribution in [1.29, 1.82) is 0 Å². The predicted molar refractivity (Wildman–Crippen MR) is 72.5 cm³/mol. The fourth-order valence-electron chi connectivity index (χ4n) is 1.28. The Morgan fingerprint density at radius 1 is 1.41 bits per heavy atom. The minimum atomic E-state index is -0.609. The Balaban J connectivity index is 2.96. The lowest BCUT2D eigenvalue weighted by molar-refractivity contribution is -0.124. The third kappa shape index (κ3) is 3.12. The van der Waals surface area contributed by atoms with Crippen LogP contribution in [0.4, 0.5) is 5.69 Å². The zero-order chi connectivity index (χ0) is 13.1. The highest BCUT2D eigenvalue weighted by Gasteiger charge is 2.30. The molecule has 1 amide bonds. The van der Waals surface area contributed by atoms with Crippen LogP contribution in [-0.2, 0) is 4.79 Å². The number of hydrogen-bond donors (Lipinski definition) is 2. The summed E-state index contributed by atoms with van der Waals surface area (Å²) in [6.07, 6.45) is 0.650. The summed E-state index contributed by atoms with van der Waals surface area (Å²) in [7, 11) is 0. The summed E-state index contributed by atoms with van der Waals surface area (Å²) in [6.45, 7) is 4.01. The van der Waals surface area contributed by atoms with Gasteiger partial charge in [-0.25, -0.2) is 0 Å². The molecule has 0 saturated heterocycles. The van der Waals surface area contributed by atoms with Gasteiger partial charge in [-0.2, -0.15) is 0 Å². The number of rotatable bonds is 4. The van der Waals surface area contributed by atoms with Crippen LogP contribution in [0.15, 0.2) is 18.2 Å². The van der Waals surface area contributed by atoms with Crippen molar-refractivity contribution < 1.29 is 4.79 Å². The SMILES string of the molecule is CCC(C)(CN)C(=O)Nc1c(Cl)cccc1Cl. The maximum absolute atomic E-state index is 12.1. The maximum Gasteiger partial charge on any atom is 0.231 e. The molecule has 1 unspecified atom stereocenters. The number of benzene rings is 1. The summed E-state index contributed by atoms with van der Waals surface area (Å²) >= 11 is 12.0. The molecule has 94 valence electrons. The summed E-state index contributed by atoms with van der Waals surface area (Å²) < 4.78 is 0. The molecule has 5 heteroatoms. The third-order valence-corrected chi connectivity index (χ3v) is 3.61. The average Bonchev–Trinajstić information content (AvgIpc) is 2.32. The van der Waals surface area contributed by atoms with Crippen molar-refractivity contribution in [2.45, 2.75) is 20.3 Å². The molecule has 1 aromatic rings. The van der Waals surface area contributed by atoms with Crippen LogP contribution < -0.4 is 11.1 Å². The second kappa shape index (κ2) is 5.71. The molecule has 0 aromatic heterocycles. The second-order valence-electron chi connectivity index (χ2n) is 4.17. The third-order valence-electron chi connectivity index (χ3n) is 2.98. The lowest BCUT2D eigenvalue weighted by atomic mass is 9.86. The number of carbonyl (C=O) groups excluding carboxylic acids is 1. The summed E-state index contributed by atoms with van der Waals surface area (Å²) in [5, 5.41) is 3.57. The predicted octanol–water partition coefficient (Wildman–Crippen LogP) is 3.31. The van der Waals surface area contributed by atoms with E-state index in [2.05, 4.69) is 5.32 Å². The van der Waals surface area contributed by atoms with E-state index in [0.717, 1.165) is 0 Å². The molecule has 1 aromatic carbocycles. The van der Waals surface area contributed by atoms with Crippen molar-refractivity contribution >= 4 is 34.8 Å². The average molecular weight is 275 g/mol. The smallest absolute Gasteiger partial charge is 0.231 e. The first-order chi connectivity index (χ1) is 7.94. The Hall–Kier alpha value is -0.770. The number of nitrogens with two attached hydrogens (primary N) is 1. The molecule has 3 N–H and O–H groups in total. The van der Waals surface area contributed by atoms with Gasteiger partial charge in [-0.3, -0.25) is 4.79 Å². The lowest BCUT2D eigenvalue weighted by Crippen LogP contribution is -2.39. The van der Waals surface area contributed by atoms with Crippen LogP contribution in [0.3, 0.4) is 0 Å². The van der Waals surface area contributed by atoms with E-state index in [4.69, 9.17) is 28.9 Å². The van der Waals surface area contributed by atoms with E-state index in [1.165, 1.54) is 0 Å². The molecule has 3 nitrogen and oxygen atoms in total. The molecule has 0 aliphatic carbocycles. The minimum Gasteiger partial charge on any atom is -0.329 e. The van der Waals surface area contributed by atoms with Gasteiger partial charge in [0.25, 0.3) is 0 Å². The summed E-state index contributed by atoms with van der Waals surface area (Å²) in [4.78, 5) is 12.1. The molecule has 0 fully saturated rings. The van der Waals surface area contributed by atoms with Gasteiger partial charge in [0.05, 0.1) is 21.1 Å². The van der Waals surface area contributed by atoms with E-state index >= 15 is 0 Å². The van der Waals surface area contributed by atoms with Gasteiger partial charge >= 0.3 is 0 Å². The Morgan fingerprint density at radius 3 is 2.35 bits per heavy atom. The van der Waals surface area contributed by atoms with Crippen LogP contribution in [0.1, 0.15) is 20.3 Å². The standard InChI is InChI=1S/C12H16Cl2N2O/c1-3-12(2,7-15)11(17)16-10-8(13)5-4-6-9(10)14/h4-6H,3,7,15H2,1-2H3,(H,16,17). The van der Waals surface area contributed by atoms with Gasteiger partial charge < -0.3 is 11.1 Å². The van der Waals surface area contributed by atoms with E-state index in [0.29, 0.717) is 22.2 Å². The van der Waals surface area contributed by atoms with Gasteiger partial charge in [0.1, 0.15) is 0 Å². The molecule has 0 heterocycles. The highest BCUT2D eigenvalue weighted by Crippen LogP contribution is 2.31. The van der Waals surface area contributed by atoms with Gasteiger partial charge in [-0.05, 0) is 25.5 Å². The lowest BCUT2D eigenvalue weighted by Gasteiger charge is -2.25. The highest BCUT2D eigenvalue weighted by molar-refractivity contribution is 6.39. The first kappa shape index (κ1) is 14.3. The number of hydrogen-bond acceptors (Lipinski definition) is 2. The Morgan fingerprint density at radius 2 is 1.94 bits per heavy atom. The van der Waals surface area contributed by atoms with Crippen molar-refractivity contribution in [3.8, 4) is 0 Å². The largest absolute Gasteiger partial charge is 0.329 e. The number of para-hydroxylation sites is 1. The van der Waals surface area contributed by atoms with Crippen molar-refractivity contribution in [3.05, 3.63) is 28.2 Å². The number of amides is 1. The highest BCUT2D eigenvalue weighted by atomic mass is 35.5. The molecule has 0 spiro atoms. The van der Waals surface area contributed by atoms with E-state index < -0.39 is 5.41 Å². The molecule has 1 rings (SSSR count). The van der Waals surface area contributed by atoms with Crippen LogP contribution in [0.25, 0.3) is 0 Å². The molecule has 0 radical (unpaired) electrons. The zero-order valence-corrected chi connectivity index (χ0v) is 11.4. The molecule has 1 atom stereocenters. The number of carbonyl (C=O) groups is 1. The van der Waals surface area contributed by atoms with E-state index in [1.54, 1.807) is 18.2 Å². The van der Waals surface area contributed by atoms with Crippen LogP contribution in [0.5, 0.6) is 0 Å². The van der Waals surface area contributed by atoms with Gasteiger partial charge in [-0.15, -0.1) is 0 Å². The summed E-state index contributed by atoms with van der Waals surface area (Å²) in [6, 6.07) is 5.08. The fraction of sp³-hybridized carbons (Fsp3) is 0.417. The van der Waals surface area contributed by atoms with Crippen molar-refractivity contribution in [3.63, 3.8) is 0 Å². The van der Waals surface area contributed by atoms with Crippen LogP contribution in [0.2, 0.25) is 10.0 Å². The molecule has 0 aliphatic heterocycles. The van der Waals surface area contributed by atoms with Crippen molar-refractivity contribution in [2.75, 3.05) is 11.9 Å². The van der Waals surface area contributed by atoms with Gasteiger partial charge in [0.15, 0.2) is 0 Å².